The van der Waals surface area contributed by atoms with Gasteiger partial charge in [0.2, 0.25) is 5.91 Å². The molecule has 2 atom stereocenters. The van der Waals surface area contributed by atoms with Crippen molar-refractivity contribution in [1.82, 2.24) is 0 Å². The lowest BCUT2D eigenvalue weighted by Gasteiger charge is -2.34. The molecule has 2 aliphatic heterocycles. The van der Waals surface area contributed by atoms with E-state index in [1.54, 1.807) is 30.0 Å². The highest BCUT2D eigenvalue weighted by Gasteiger charge is 2.37. The first kappa shape index (κ1) is 18.2. The fourth-order valence-electron chi connectivity index (χ4n) is 3.95. The zero-order valence-electron chi connectivity index (χ0n) is 16.1. The minimum atomic E-state index is -0.688. The van der Waals surface area contributed by atoms with Crippen LogP contribution in [0, 0.1) is 0 Å². The van der Waals surface area contributed by atoms with Crippen LogP contribution in [0.5, 0.6) is 5.75 Å². The molecule has 144 valence electrons. The van der Waals surface area contributed by atoms with E-state index in [0.29, 0.717) is 17.0 Å². The number of nitrogens with zero attached hydrogens (tertiary/aromatic N) is 2. The van der Waals surface area contributed by atoms with Crippen LogP contribution in [0.4, 0.5) is 11.4 Å². The molecule has 4 rings (SSSR count). The third kappa shape index (κ3) is 2.95. The highest BCUT2D eigenvalue weighted by Crippen LogP contribution is 2.36. The van der Waals surface area contributed by atoms with Crippen LogP contribution in [0.1, 0.15) is 36.7 Å². The Morgan fingerprint density at radius 2 is 1.86 bits per heavy atom. The number of fused-ring (bicyclic) bond motifs is 2. The number of rotatable bonds is 3. The molecule has 6 heteroatoms. The second-order valence-corrected chi connectivity index (χ2v) is 7.37. The Labute approximate surface area is 163 Å². The van der Waals surface area contributed by atoms with Gasteiger partial charge >= 0.3 is 0 Å². The van der Waals surface area contributed by atoms with Gasteiger partial charge in [-0.05, 0) is 57.0 Å². The Hall–Kier alpha value is -3.15. The van der Waals surface area contributed by atoms with Crippen molar-refractivity contribution < 1.29 is 19.1 Å². The predicted molar refractivity (Wildman–Crippen MR) is 106 cm³/mol. The van der Waals surface area contributed by atoms with E-state index < -0.39 is 6.10 Å². The molecule has 0 bridgehead atoms. The van der Waals surface area contributed by atoms with Crippen LogP contribution in [-0.4, -0.2) is 36.3 Å². The lowest BCUT2D eigenvalue weighted by Crippen LogP contribution is -2.50. The Balaban J connectivity index is 1.68. The van der Waals surface area contributed by atoms with Crippen LogP contribution in [0.3, 0.4) is 0 Å². The standard InChI is InChI=1S/C22H22N2O4/c1-13-10-17-6-4-5-7-18(17)24(13)21(26)12-23-19-11-16(14(2)25)8-9-20(19)28-15(3)22(23)27/h4-9,11,13,15H,10,12H2,1-3H3. The topological polar surface area (TPSA) is 66.9 Å². The van der Waals surface area contributed by atoms with Crippen molar-refractivity contribution in [1.29, 1.82) is 0 Å². The molecule has 0 saturated carbocycles. The van der Waals surface area contributed by atoms with Gasteiger partial charge < -0.3 is 9.64 Å². The molecule has 2 unspecified atom stereocenters. The second-order valence-electron chi connectivity index (χ2n) is 7.37. The number of carbonyl (C=O) groups excluding carboxylic acids is 3. The Bertz CT molecular complexity index is 984. The molecule has 0 N–H and O–H groups in total. The number of ketones is 1. The maximum absolute atomic E-state index is 13.2. The lowest BCUT2D eigenvalue weighted by atomic mass is 10.1. The van der Waals surface area contributed by atoms with Gasteiger partial charge in [-0.25, -0.2) is 0 Å². The number of para-hydroxylation sites is 1. The van der Waals surface area contributed by atoms with E-state index >= 15 is 0 Å². The average molecular weight is 378 g/mol. The van der Waals surface area contributed by atoms with Crippen LogP contribution in [0.2, 0.25) is 0 Å². The van der Waals surface area contributed by atoms with Gasteiger partial charge in [0.05, 0.1) is 5.69 Å². The molecule has 2 aliphatic rings. The van der Waals surface area contributed by atoms with Gasteiger partial charge in [0, 0.05) is 17.3 Å². The zero-order valence-corrected chi connectivity index (χ0v) is 16.1. The fraction of sp³-hybridized carbons (Fsp3) is 0.318. The summed E-state index contributed by atoms with van der Waals surface area (Å²) < 4.78 is 5.67. The molecule has 0 aliphatic carbocycles. The van der Waals surface area contributed by atoms with E-state index in [0.717, 1.165) is 17.7 Å². The first-order valence-electron chi connectivity index (χ1n) is 9.40. The van der Waals surface area contributed by atoms with Crippen molar-refractivity contribution in [2.45, 2.75) is 39.3 Å². The van der Waals surface area contributed by atoms with Gasteiger partial charge in [-0.2, -0.15) is 0 Å². The summed E-state index contributed by atoms with van der Waals surface area (Å²) in [5.41, 5.74) is 2.96. The first-order valence-corrected chi connectivity index (χ1v) is 9.40. The molecule has 28 heavy (non-hydrogen) atoms. The van der Waals surface area contributed by atoms with Crippen LogP contribution >= 0.6 is 0 Å². The monoisotopic (exact) mass is 378 g/mol. The maximum Gasteiger partial charge on any atom is 0.268 e. The van der Waals surface area contributed by atoms with Crippen LogP contribution in [0.15, 0.2) is 42.5 Å². The molecule has 0 fully saturated rings. The van der Waals surface area contributed by atoms with Gasteiger partial charge in [0.1, 0.15) is 12.3 Å². The highest BCUT2D eigenvalue weighted by atomic mass is 16.5. The fourth-order valence-corrected chi connectivity index (χ4v) is 3.95. The van der Waals surface area contributed by atoms with Gasteiger partial charge in [-0.15, -0.1) is 0 Å². The Kier molecular flexibility index (Phi) is 4.41. The number of hydrogen-bond acceptors (Lipinski definition) is 4. The number of Topliss-reactive ketones (excluding diaryl/α,β-unsaturated/α-hetero) is 1. The molecule has 0 aromatic heterocycles. The van der Waals surface area contributed by atoms with Crippen LogP contribution in [-0.2, 0) is 16.0 Å². The minimum absolute atomic E-state index is 0.0292. The van der Waals surface area contributed by atoms with E-state index in [4.69, 9.17) is 4.74 Å². The summed E-state index contributed by atoms with van der Waals surface area (Å²) in [6, 6.07) is 12.8. The van der Waals surface area contributed by atoms with E-state index in [1.807, 2.05) is 31.2 Å². The number of anilines is 2. The summed E-state index contributed by atoms with van der Waals surface area (Å²) >= 11 is 0. The van der Waals surface area contributed by atoms with Crippen molar-refractivity contribution >= 4 is 29.0 Å². The van der Waals surface area contributed by atoms with Gasteiger partial charge in [-0.3, -0.25) is 19.3 Å². The smallest absolute Gasteiger partial charge is 0.268 e. The first-order chi connectivity index (χ1) is 13.4. The minimum Gasteiger partial charge on any atom is -0.479 e. The molecule has 0 spiro atoms. The van der Waals surface area contributed by atoms with E-state index in [1.165, 1.54) is 11.8 Å². The van der Waals surface area contributed by atoms with Crippen LogP contribution in [0.25, 0.3) is 0 Å². The molecule has 2 amide bonds. The summed E-state index contributed by atoms with van der Waals surface area (Å²) in [7, 11) is 0. The summed E-state index contributed by atoms with van der Waals surface area (Å²) in [5, 5.41) is 0. The van der Waals surface area contributed by atoms with E-state index in [-0.39, 0.29) is 30.2 Å². The summed E-state index contributed by atoms with van der Waals surface area (Å²) in [5.74, 6) is -0.0530. The van der Waals surface area contributed by atoms with Crippen molar-refractivity contribution in [2.75, 3.05) is 16.3 Å². The van der Waals surface area contributed by atoms with E-state index in [9.17, 15) is 14.4 Å². The number of benzene rings is 2. The molecule has 2 heterocycles. The Morgan fingerprint density at radius 1 is 1.11 bits per heavy atom. The van der Waals surface area contributed by atoms with E-state index in [2.05, 4.69) is 0 Å². The summed E-state index contributed by atoms with van der Waals surface area (Å²) in [6.45, 7) is 5.03. The molecule has 6 nitrogen and oxygen atoms in total. The Morgan fingerprint density at radius 3 is 2.61 bits per heavy atom. The SMILES string of the molecule is CC(=O)c1ccc2c(c1)N(CC(=O)N1c3ccccc3CC1C)C(=O)C(C)O2. The molecule has 2 aromatic rings. The molecule has 0 saturated heterocycles. The average Bonchev–Trinajstić information content (AvgIpc) is 3.00. The molecule has 0 radical (unpaired) electrons. The zero-order chi connectivity index (χ0) is 20.0. The van der Waals surface area contributed by atoms with Crippen molar-refractivity contribution in [3.63, 3.8) is 0 Å². The normalized spacial score (nSPS) is 20.5. The third-order valence-corrected chi connectivity index (χ3v) is 5.34. The number of hydrogen-bond donors (Lipinski definition) is 0. The van der Waals surface area contributed by atoms with Crippen molar-refractivity contribution in [3.8, 4) is 5.75 Å². The largest absolute Gasteiger partial charge is 0.479 e. The van der Waals surface area contributed by atoms with Gasteiger partial charge in [0.15, 0.2) is 11.9 Å². The summed E-state index contributed by atoms with van der Waals surface area (Å²) in [4.78, 5) is 41.0. The molecular formula is C22H22N2O4. The van der Waals surface area contributed by atoms with Gasteiger partial charge in [0.25, 0.3) is 5.91 Å². The number of carbonyl (C=O) groups is 3. The third-order valence-electron chi connectivity index (χ3n) is 5.34. The number of ether oxygens (including phenoxy) is 1. The van der Waals surface area contributed by atoms with Gasteiger partial charge in [-0.1, -0.05) is 18.2 Å². The number of amides is 2. The predicted octanol–water partition coefficient (Wildman–Crippen LogP) is 2.98. The second kappa shape index (κ2) is 6.78. The maximum atomic E-state index is 13.2. The lowest BCUT2D eigenvalue weighted by molar-refractivity contribution is -0.127. The highest BCUT2D eigenvalue weighted by molar-refractivity contribution is 6.08. The molecule has 2 aromatic carbocycles. The van der Waals surface area contributed by atoms with Crippen LogP contribution < -0.4 is 14.5 Å². The molecular weight excluding hydrogens is 356 g/mol. The van der Waals surface area contributed by atoms with Crippen molar-refractivity contribution in [3.05, 3.63) is 53.6 Å². The van der Waals surface area contributed by atoms with Crippen molar-refractivity contribution in [2.24, 2.45) is 0 Å². The quantitative estimate of drug-likeness (QED) is 0.770. The summed E-state index contributed by atoms with van der Waals surface area (Å²) in [6.07, 6.45) is 0.104.